The maximum atomic E-state index is 12.6. The molecular formula is C23H25N3O. The second-order valence-electron chi connectivity index (χ2n) is 6.64. The van der Waals surface area contributed by atoms with Crippen LogP contribution < -0.4 is 10.6 Å². The number of nitrogens with zero attached hydrogens (tertiary/aromatic N) is 1. The molecule has 0 aliphatic carbocycles. The van der Waals surface area contributed by atoms with Gasteiger partial charge in [-0.15, -0.1) is 0 Å². The molecule has 2 aromatic carbocycles. The van der Waals surface area contributed by atoms with Gasteiger partial charge in [-0.3, -0.25) is 4.98 Å². The Labute approximate surface area is 160 Å². The minimum Gasteiger partial charge on any atom is -0.336 e. The molecule has 4 heteroatoms. The van der Waals surface area contributed by atoms with E-state index in [9.17, 15) is 4.79 Å². The molecule has 0 unspecified atom stereocenters. The van der Waals surface area contributed by atoms with Crippen LogP contribution in [0.15, 0.2) is 85.1 Å². The first-order valence-corrected chi connectivity index (χ1v) is 9.29. The number of rotatable bonds is 7. The predicted molar refractivity (Wildman–Crippen MR) is 108 cm³/mol. The molecule has 0 fully saturated rings. The summed E-state index contributed by atoms with van der Waals surface area (Å²) in [6, 6.07) is 25.5. The Bertz CT molecular complexity index is 783. The number of aryl methyl sites for hydroxylation is 1. The monoisotopic (exact) mass is 359 g/mol. The van der Waals surface area contributed by atoms with E-state index >= 15 is 0 Å². The maximum Gasteiger partial charge on any atom is 0.315 e. The van der Waals surface area contributed by atoms with Crippen molar-refractivity contribution in [1.82, 2.24) is 15.6 Å². The van der Waals surface area contributed by atoms with E-state index in [0.29, 0.717) is 0 Å². The summed E-state index contributed by atoms with van der Waals surface area (Å²) < 4.78 is 0. The standard InChI is InChI=1S/C23H25N3O/c1-18(15-16-19-10-4-2-5-11-19)25-23(27)26-22(20-12-6-3-7-13-20)21-14-8-9-17-24-21/h2-14,17-18,22H,15-16H2,1H3,(H2,25,26,27)/t18-,22-/m0/s1. The van der Waals surface area contributed by atoms with E-state index in [0.717, 1.165) is 24.1 Å². The fourth-order valence-electron chi connectivity index (χ4n) is 3.02. The van der Waals surface area contributed by atoms with E-state index in [2.05, 4.69) is 27.8 Å². The minimum atomic E-state index is -0.284. The van der Waals surface area contributed by atoms with Crippen LogP contribution >= 0.6 is 0 Å². The average molecular weight is 359 g/mol. The number of carbonyl (C=O) groups is 1. The van der Waals surface area contributed by atoms with Gasteiger partial charge in [-0.2, -0.15) is 0 Å². The highest BCUT2D eigenvalue weighted by Crippen LogP contribution is 2.19. The number of nitrogens with one attached hydrogen (secondary N) is 2. The van der Waals surface area contributed by atoms with Gasteiger partial charge >= 0.3 is 6.03 Å². The molecule has 1 heterocycles. The first kappa shape index (κ1) is 18.6. The van der Waals surface area contributed by atoms with Crippen LogP contribution in [0.4, 0.5) is 4.79 Å². The molecule has 3 aromatic rings. The van der Waals surface area contributed by atoms with Crippen LogP contribution in [0.3, 0.4) is 0 Å². The number of carbonyl (C=O) groups excluding carboxylic acids is 1. The molecular weight excluding hydrogens is 334 g/mol. The minimum absolute atomic E-state index is 0.0744. The molecule has 2 N–H and O–H groups in total. The summed E-state index contributed by atoms with van der Waals surface area (Å²) in [6.07, 6.45) is 3.56. The summed E-state index contributed by atoms with van der Waals surface area (Å²) in [6.45, 7) is 2.03. The fourth-order valence-corrected chi connectivity index (χ4v) is 3.02. The van der Waals surface area contributed by atoms with Crippen LogP contribution in [0.25, 0.3) is 0 Å². The molecule has 2 amide bonds. The molecule has 0 aliphatic rings. The van der Waals surface area contributed by atoms with Gasteiger partial charge in [-0.25, -0.2) is 4.79 Å². The van der Waals surface area contributed by atoms with Gasteiger partial charge in [0.05, 0.1) is 11.7 Å². The molecule has 2 atom stereocenters. The Kier molecular flexibility index (Phi) is 6.58. The first-order valence-electron chi connectivity index (χ1n) is 9.29. The van der Waals surface area contributed by atoms with Crippen LogP contribution in [0, 0.1) is 0 Å². The third-order valence-corrected chi connectivity index (χ3v) is 4.48. The Balaban J connectivity index is 1.61. The Morgan fingerprint density at radius 2 is 1.56 bits per heavy atom. The Morgan fingerprint density at radius 1 is 0.889 bits per heavy atom. The van der Waals surface area contributed by atoms with Crippen molar-refractivity contribution in [3.05, 3.63) is 102 Å². The molecule has 27 heavy (non-hydrogen) atoms. The van der Waals surface area contributed by atoms with Crippen LogP contribution in [-0.4, -0.2) is 17.1 Å². The second kappa shape index (κ2) is 9.53. The van der Waals surface area contributed by atoms with E-state index in [4.69, 9.17) is 0 Å². The zero-order chi connectivity index (χ0) is 18.9. The average Bonchev–Trinajstić information content (AvgIpc) is 2.72. The molecule has 3 rings (SSSR count). The van der Waals surface area contributed by atoms with Crippen LogP contribution in [0.5, 0.6) is 0 Å². The van der Waals surface area contributed by atoms with Crippen molar-refractivity contribution in [2.24, 2.45) is 0 Å². The van der Waals surface area contributed by atoms with E-state index in [1.807, 2.05) is 73.7 Å². The van der Waals surface area contributed by atoms with Crippen molar-refractivity contribution in [2.45, 2.75) is 31.8 Å². The Hall–Kier alpha value is -3.14. The lowest BCUT2D eigenvalue weighted by atomic mass is 10.0. The molecule has 0 saturated heterocycles. The second-order valence-corrected chi connectivity index (χ2v) is 6.64. The number of pyridine rings is 1. The number of hydrogen-bond acceptors (Lipinski definition) is 2. The lowest BCUT2D eigenvalue weighted by molar-refractivity contribution is 0.234. The van der Waals surface area contributed by atoms with Gasteiger partial charge in [-0.05, 0) is 43.0 Å². The normalized spacial score (nSPS) is 12.8. The molecule has 0 aliphatic heterocycles. The summed E-state index contributed by atoms with van der Waals surface area (Å²) in [4.78, 5) is 17.0. The molecule has 138 valence electrons. The lowest BCUT2D eigenvalue weighted by Gasteiger charge is -2.21. The van der Waals surface area contributed by atoms with Gasteiger partial charge in [0.2, 0.25) is 0 Å². The Morgan fingerprint density at radius 3 is 2.22 bits per heavy atom. The van der Waals surface area contributed by atoms with Gasteiger partial charge in [0.15, 0.2) is 0 Å². The van der Waals surface area contributed by atoms with Crippen LogP contribution in [0.2, 0.25) is 0 Å². The summed E-state index contributed by atoms with van der Waals surface area (Å²) in [7, 11) is 0. The molecule has 0 bridgehead atoms. The smallest absolute Gasteiger partial charge is 0.315 e. The molecule has 0 saturated carbocycles. The van der Waals surface area contributed by atoms with Crippen molar-refractivity contribution >= 4 is 6.03 Å². The van der Waals surface area contributed by atoms with Gasteiger partial charge in [0.1, 0.15) is 0 Å². The predicted octanol–water partition coefficient (Wildman–Crippen LogP) is 4.49. The van der Waals surface area contributed by atoms with Gasteiger partial charge < -0.3 is 10.6 Å². The SMILES string of the molecule is C[C@@H](CCc1ccccc1)NC(=O)N[C@@H](c1ccccc1)c1ccccn1. The summed E-state index contributed by atoms with van der Waals surface area (Å²) in [5.74, 6) is 0. The lowest BCUT2D eigenvalue weighted by Crippen LogP contribution is -2.43. The molecule has 0 spiro atoms. The molecule has 4 nitrogen and oxygen atoms in total. The third kappa shape index (κ3) is 5.68. The largest absolute Gasteiger partial charge is 0.336 e. The number of benzene rings is 2. The van der Waals surface area contributed by atoms with Gasteiger partial charge in [-0.1, -0.05) is 66.7 Å². The number of urea groups is 1. The fraction of sp³-hybridized carbons (Fsp3) is 0.217. The van der Waals surface area contributed by atoms with Crippen LogP contribution in [-0.2, 0) is 6.42 Å². The van der Waals surface area contributed by atoms with E-state index < -0.39 is 0 Å². The van der Waals surface area contributed by atoms with Gasteiger partial charge in [0.25, 0.3) is 0 Å². The number of hydrogen-bond donors (Lipinski definition) is 2. The van der Waals surface area contributed by atoms with Crippen molar-refractivity contribution < 1.29 is 4.79 Å². The third-order valence-electron chi connectivity index (χ3n) is 4.48. The summed E-state index contributed by atoms with van der Waals surface area (Å²) in [5, 5.41) is 6.11. The first-order chi connectivity index (χ1) is 13.2. The quantitative estimate of drug-likeness (QED) is 0.653. The highest BCUT2D eigenvalue weighted by molar-refractivity contribution is 5.75. The number of aromatic nitrogens is 1. The van der Waals surface area contributed by atoms with Crippen LogP contribution in [0.1, 0.15) is 36.2 Å². The highest BCUT2D eigenvalue weighted by atomic mass is 16.2. The van der Waals surface area contributed by atoms with E-state index in [1.54, 1.807) is 6.20 Å². The summed E-state index contributed by atoms with van der Waals surface area (Å²) >= 11 is 0. The summed E-state index contributed by atoms with van der Waals surface area (Å²) in [5.41, 5.74) is 3.10. The topological polar surface area (TPSA) is 54.0 Å². The van der Waals surface area contributed by atoms with Crippen molar-refractivity contribution in [2.75, 3.05) is 0 Å². The van der Waals surface area contributed by atoms with E-state index in [-0.39, 0.29) is 18.1 Å². The van der Waals surface area contributed by atoms with Crippen molar-refractivity contribution in [3.63, 3.8) is 0 Å². The maximum absolute atomic E-state index is 12.6. The zero-order valence-corrected chi connectivity index (χ0v) is 15.5. The van der Waals surface area contributed by atoms with E-state index in [1.165, 1.54) is 5.56 Å². The molecule has 0 radical (unpaired) electrons. The van der Waals surface area contributed by atoms with Crippen molar-refractivity contribution in [3.8, 4) is 0 Å². The highest BCUT2D eigenvalue weighted by Gasteiger charge is 2.18. The number of amides is 2. The van der Waals surface area contributed by atoms with Gasteiger partial charge in [0, 0.05) is 12.2 Å². The molecule has 1 aromatic heterocycles. The van der Waals surface area contributed by atoms with Crippen molar-refractivity contribution in [1.29, 1.82) is 0 Å². The zero-order valence-electron chi connectivity index (χ0n) is 15.5.